The number of hydrogen-bond acceptors (Lipinski definition) is 7. The molecule has 0 saturated carbocycles. The lowest BCUT2D eigenvalue weighted by molar-refractivity contribution is -0.116. The maximum absolute atomic E-state index is 15.2. The summed E-state index contributed by atoms with van der Waals surface area (Å²) in [7, 11) is 0. The molecule has 0 spiro atoms. The highest BCUT2D eigenvalue weighted by Gasteiger charge is 2.21. The number of nitrogens with one attached hydrogen (secondary N) is 2. The highest BCUT2D eigenvalue weighted by atomic mass is 19.1. The maximum atomic E-state index is 15.2. The Morgan fingerprint density at radius 2 is 1.72 bits per heavy atom. The van der Waals surface area contributed by atoms with E-state index in [1.807, 2.05) is 0 Å². The van der Waals surface area contributed by atoms with E-state index >= 15 is 4.39 Å². The van der Waals surface area contributed by atoms with E-state index in [0.29, 0.717) is 77.0 Å². The van der Waals surface area contributed by atoms with E-state index in [2.05, 4.69) is 15.5 Å². The number of rotatable bonds is 7. The molecule has 1 aliphatic heterocycles. The second kappa shape index (κ2) is 12.0. The number of benzene rings is 3. The van der Waals surface area contributed by atoms with Gasteiger partial charge in [0.25, 0.3) is 0 Å². The van der Waals surface area contributed by atoms with Crippen LogP contribution >= 0.6 is 0 Å². The van der Waals surface area contributed by atoms with E-state index in [-0.39, 0.29) is 17.9 Å². The minimum absolute atomic E-state index is 0.00742. The predicted molar refractivity (Wildman–Crippen MR) is 159 cm³/mol. The van der Waals surface area contributed by atoms with E-state index in [9.17, 15) is 14.0 Å². The van der Waals surface area contributed by atoms with Crippen molar-refractivity contribution in [2.24, 2.45) is 0 Å². The summed E-state index contributed by atoms with van der Waals surface area (Å²) in [5.41, 5.74) is 2.51. The van der Waals surface area contributed by atoms with Crippen molar-refractivity contribution in [3.05, 3.63) is 90.2 Å². The largest absolute Gasteiger partial charge is 0.464 e. The molecule has 218 valence electrons. The van der Waals surface area contributed by atoms with E-state index in [1.165, 1.54) is 31.4 Å². The Labute approximate surface area is 245 Å². The lowest BCUT2D eigenvalue weighted by atomic mass is 10.1. The molecule has 1 aliphatic rings. The molecule has 2 amide bonds. The van der Waals surface area contributed by atoms with Crippen molar-refractivity contribution in [2.75, 3.05) is 41.8 Å². The number of fused-ring (bicyclic) bond motifs is 1. The Hall–Kier alpha value is -5.16. The maximum Gasteiger partial charge on any atom is 0.323 e. The van der Waals surface area contributed by atoms with Crippen LogP contribution in [0.3, 0.4) is 0 Å². The van der Waals surface area contributed by atoms with Crippen molar-refractivity contribution in [1.82, 2.24) is 9.97 Å². The number of Topliss-reactive ketones (excluding diaryl/α,β-unsaturated/α-hetero) is 1. The Kier molecular flexibility index (Phi) is 7.80. The topological polar surface area (TPSA) is 110 Å². The van der Waals surface area contributed by atoms with Gasteiger partial charge in [0.1, 0.15) is 29.0 Å². The van der Waals surface area contributed by atoms with Crippen molar-refractivity contribution < 1.29 is 27.5 Å². The number of morpholine rings is 1. The molecular formula is C32H27F2N5O4. The van der Waals surface area contributed by atoms with Crippen molar-refractivity contribution in [1.29, 1.82) is 0 Å². The van der Waals surface area contributed by atoms with Crippen LogP contribution in [0.4, 0.5) is 30.8 Å². The van der Waals surface area contributed by atoms with Crippen LogP contribution in [0.15, 0.2) is 77.4 Å². The quantitative estimate of drug-likeness (QED) is 0.227. The highest BCUT2D eigenvalue weighted by molar-refractivity contribution is 6.00. The summed E-state index contributed by atoms with van der Waals surface area (Å²) in [5, 5.41) is 5.74. The van der Waals surface area contributed by atoms with E-state index < -0.39 is 17.7 Å². The van der Waals surface area contributed by atoms with Gasteiger partial charge in [0.2, 0.25) is 0 Å². The van der Waals surface area contributed by atoms with Gasteiger partial charge in [-0.05, 0) is 73.2 Å². The Morgan fingerprint density at radius 1 is 0.930 bits per heavy atom. The smallest absolute Gasteiger partial charge is 0.323 e. The summed E-state index contributed by atoms with van der Waals surface area (Å²) in [6, 6.07) is 17.0. The van der Waals surface area contributed by atoms with Gasteiger partial charge in [0.15, 0.2) is 5.82 Å². The second-order valence-corrected chi connectivity index (χ2v) is 10.1. The highest BCUT2D eigenvalue weighted by Crippen LogP contribution is 2.34. The van der Waals surface area contributed by atoms with E-state index in [1.54, 1.807) is 48.5 Å². The average Bonchev–Trinajstić information content (AvgIpc) is 3.53. The number of carbonyl (C=O) groups is 2. The molecule has 3 aromatic carbocycles. The molecule has 3 heterocycles. The number of ether oxygens (including phenoxy) is 1. The molecule has 6 rings (SSSR count). The molecule has 5 aromatic rings. The van der Waals surface area contributed by atoms with Gasteiger partial charge in [-0.15, -0.1) is 0 Å². The first-order valence-corrected chi connectivity index (χ1v) is 13.7. The van der Waals surface area contributed by atoms with Crippen LogP contribution in [0.5, 0.6) is 0 Å². The van der Waals surface area contributed by atoms with Crippen LogP contribution in [-0.2, 0) is 16.0 Å². The third-order valence-electron chi connectivity index (χ3n) is 7.00. The molecule has 2 aromatic heterocycles. The molecule has 1 fully saturated rings. The molecule has 1 saturated heterocycles. The standard InChI is InChI=1S/C32H27F2N5O4/c1-19(40)15-20-4-9-27(26(34)16-20)37-32(41)35-22-7-5-21(6-8-22)30-36-28-18-23(29-3-2-12-43-29)25(33)17-24(28)31(38-30)39-10-13-42-14-11-39/h2-9,12,16-18H,10-11,13-15H2,1H3,(H2,35,37,41). The number of urea groups is 1. The van der Waals surface area contributed by atoms with Gasteiger partial charge in [-0.2, -0.15) is 0 Å². The van der Waals surface area contributed by atoms with Gasteiger partial charge in [-0.1, -0.05) is 6.07 Å². The van der Waals surface area contributed by atoms with Crippen LogP contribution in [0.25, 0.3) is 33.6 Å². The van der Waals surface area contributed by atoms with Crippen molar-refractivity contribution >= 4 is 39.9 Å². The van der Waals surface area contributed by atoms with Crippen LogP contribution in [0, 0.1) is 11.6 Å². The number of amides is 2. The number of ketones is 1. The summed E-state index contributed by atoms with van der Waals surface area (Å²) in [5.74, 6) is 0.270. The number of furan rings is 1. The van der Waals surface area contributed by atoms with Crippen LogP contribution in [0.1, 0.15) is 12.5 Å². The summed E-state index contributed by atoms with van der Waals surface area (Å²) >= 11 is 0. The van der Waals surface area contributed by atoms with Gasteiger partial charge in [0.05, 0.1) is 36.2 Å². The first-order valence-electron chi connectivity index (χ1n) is 13.7. The SMILES string of the molecule is CC(=O)Cc1ccc(NC(=O)Nc2ccc(-c3nc(N4CCOCC4)c4cc(F)c(-c5ccco5)cc4n3)cc2)c(F)c1. The molecule has 11 heteroatoms. The number of nitrogens with zero attached hydrogens (tertiary/aromatic N) is 3. The Morgan fingerprint density at radius 3 is 2.42 bits per heavy atom. The minimum atomic E-state index is -0.635. The summed E-state index contributed by atoms with van der Waals surface area (Å²) in [4.78, 5) is 35.5. The van der Waals surface area contributed by atoms with E-state index in [4.69, 9.17) is 19.1 Å². The molecule has 0 aliphatic carbocycles. The third-order valence-corrected chi connectivity index (χ3v) is 7.00. The fraction of sp³-hybridized carbons (Fsp3) is 0.188. The number of carbonyl (C=O) groups excluding carboxylic acids is 2. The van der Waals surface area contributed by atoms with Crippen LogP contribution < -0.4 is 15.5 Å². The van der Waals surface area contributed by atoms with Gasteiger partial charge < -0.3 is 24.7 Å². The van der Waals surface area contributed by atoms with Crippen molar-refractivity contribution in [3.8, 4) is 22.7 Å². The lowest BCUT2D eigenvalue weighted by Crippen LogP contribution is -2.37. The third kappa shape index (κ3) is 6.21. The number of hydrogen-bond donors (Lipinski definition) is 2. The molecular weight excluding hydrogens is 556 g/mol. The normalized spacial score (nSPS) is 13.2. The molecule has 2 N–H and O–H groups in total. The summed E-state index contributed by atoms with van der Waals surface area (Å²) < 4.78 is 40.6. The number of halogens is 2. The first-order chi connectivity index (χ1) is 20.8. The van der Waals surface area contributed by atoms with Gasteiger partial charge in [-0.3, -0.25) is 4.79 Å². The zero-order valence-corrected chi connectivity index (χ0v) is 23.2. The lowest BCUT2D eigenvalue weighted by Gasteiger charge is -2.29. The molecule has 0 bridgehead atoms. The fourth-order valence-electron chi connectivity index (χ4n) is 4.94. The zero-order valence-electron chi connectivity index (χ0n) is 23.2. The van der Waals surface area contributed by atoms with Crippen molar-refractivity contribution in [2.45, 2.75) is 13.3 Å². The molecule has 0 radical (unpaired) electrons. The monoisotopic (exact) mass is 583 g/mol. The molecule has 9 nitrogen and oxygen atoms in total. The van der Waals surface area contributed by atoms with Crippen LogP contribution in [0.2, 0.25) is 0 Å². The molecule has 0 unspecified atom stereocenters. The second-order valence-electron chi connectivity index (χ2n) is 10.1. The van der Waals surface area contributed by atoms with Crippen LogP contribution in [-0.4, -0.2) is 48.1 Å². The van der Waals surface area contributed by atoms with Gasteiger partial charge in [0, 0.05) is 36.1 Å². The van der Waals surface area contributed by atoms with Crippen molar-refractivity contribution in [3.63, 3.8) is 0 Å². The fourth-order valence-corrected chi connectivity index (χ4v) is 4.94. The zero-order chi connectivity index (χ0) is 29.9. The summed E-state index contributed by atoms with van der Waals surface area (Å²) in [6.45, 7) is 3.69. The Bertz CT molecular complexity index is 1800. The number of anilines is 3. The van der Waals surface area contributed by atoms with Gasteiger partial charge in [-0.25, -0.2) is 23.5 Å². The first kappa shape index (κ1) is 28.0. The molecule has 43 heavy (non-hydrogen) atoms. The van der Waals surface area contributed by atoms with E-state index in [0.717, 1.165) is 0 Å². The number of aromatic nitrogens is 2. The predicted octanol–water partition coefficient (Wildman–Crippen LogP) is 6.45. The minimum Gasteiger partial charge on any atom is -0.464 e. The van der Waals surface area contributed by atoms with Gasteiger partial charge >= 0.3 is 6.03 Å². The molecule has 0 atom stereocenters. The summed E-state index contributed by atoms with van der Waals surface area (Å²) in [6.07, 6.45) is 1.61. The average molecular weight is 584 g/mol. The Balaban J connectivity index is 1.26.